The van der Waals surface area contributed by atoms with Gasteiger partial charge in [0.2, 0.25) is 0 Å². The number of nitrogens with one attached hydrogen (secondary N) is 1. The number of Topliss-reactive ketones (excluding diaryl/α,β-unsaturated/α-hetero) is 1. The minimum Gasteiger partial charge on any atom is -0.444 e. The molecule has 8 nitrogen and oxygen atoms in total. The van der Waals surface area contributed by atoms with Crippen LogP contribution in [0.15, 0.2) is 24.3 Å². The van der Waals surface area contributed by atoms with Crippen molar-refractivity contribution in [1.82, 2.24) is 5.32 Å². The molecule has 0 bridgehead atoms. The van der Waals surface area contributed by atoms with Gasteiger partial charge in [-0.05, 0) is 60.6 Å². The largest absolute Gasteiger partial charge is 0.444 e. The molecule has 29 heavy (non-hydrogen) atoms. The van der Waals surface area contributed by atoms with E-state index in [2.05, 4.69) is 5.32 Å². The van der Waals surface area contributed by atoms with Gasteiger partial charge in [-0.3, -0.25) is 9.59 Å². The van der Waals surface area contributed by atoms with Crippen LogP contribution in [-0.4, -0.2) is 40.6 Å². The summed E-state index contributed by atoms with van der Waals surface area (Å²) in [4.78, 5) is 52.3. The summed E-state index contributed by atoms with van der Waals surface area (Å²) in [5.41, 5.74) is -3.05. The minimum absolute atomic E-state index is 0.117. The number of hydrogen-bond donors (Lipinski definition) is 1. The maximum Gasteiger partial charge on any atom is 0.421 e. The first-order valence-corrected chi connectivity index (χ1v) is 9.34. The highest BCUT2D eigenvalue weighted by Gasteiger charge is 2.48. The van der Waals surface area contributed by atoms with Crippen molar-refractivity contribution in [2.75, 3.05) is 4.90 Å². The average molecular weight is 404 g/mol. The monoisotopic (exact) mass is 404 g/mol. The van der Waals surface area contributed by atoms with Crippen molar-refractivity contribution < 1.29 is 28.7 Å². The normalized spacial score (nSPS) is 19.9. The standard InChI is InChI=1S/C21H28N2O6/c1-19(2,3)28-17(26)22-21(7)12-15(24)13-10-8-9-11-14(13)23(16(21)25)18(27)29-20(4,5)6/h8-11H,12H2,1-7H3,(H,22,26)/t21-/m0/s1. The molecule has 1 N–H and O–H groups in total. The number of ketones is 1. The van der Waals surface area contributed by atoms with Crippen LogP contribution < -0.4 is 10.2 Å². The van der Waals surface area contributed by atoms with E-state index in [1.807, 2.05) is 0 Å². The first-order chi connectivity index (χ1) is 13.1. The van der Waals surface area contributed by atoms with Gasteiger partial charge in [-0.2, -0.15) is 0 Å². The molecule has 3 amide bonds. The number of imide groups is 1. The van der Waals surface area contributed by atoms with E-state index >= 15 is 0 Å². The van der Waals surface area contributed by atoms with Crippen LogP contribution in [0.3, 0.4) is 0 Å². The third kappa shape index (κ3) is 5.34. The first-order valence-electron chi connectivity index (χ1n) is 9.34. The maximum absolute atomic E-state index is 13.4. The number of para-hydroxylation sites is 1. The summed E-state index contributed by atoms with van der Waals surface area (Å²) in [7, 11) is 0. The molecule has 1 aliphatic rings. The maximum atomic E-state index is 13.4. The fourth-order valence-corrected chi connectivity index (χ4v) is 2.87. The third-order valence-electron chi connectivity index (χ3n) is 3.99. The quantitative estimate of drug-likeness (QED) is 0.763. The number of alkyl carbamates (subject to hydrolysis) is 1. The van der Waals surface area contributed by atoms with E-state index < -0.39 is 40.6 Å². The Morgan fingerprint density at radius 3 is 2.10 bits per heavy atom. The summed E-state index contributed by atoms with van der Waals surface area (Å²) in [6.07, 6.45) is -2.13. The van der Waals surface area contributed by atoms with E-state index in [0.717, 1.165) is 4.90 Å². The Balaban J connectivity index is 2.50. The predicted octanol–water partition coefficient (Wildman–Crippen LogP) is 3.82. The molecule has 1 atom stereocenters. The van der Waals surface area contributed by atoms with Crippen molar-refractivity contribution in [3.05, 3.63) is 29.8 Å². The Kier molecular flexibility index (Phi) is 5.79. The van der Waals surface area contributed by atoms with E-state index in [1.54, 1.807) is 53.7 Å². The number of nitrogens with zero attached hydrogens (tertiary/aromatic N) is 1. The molecule has 0 saturated heterocycles. The van der Waals surface area contributed by atoms with Gasteiger partial charge in [-0.25, -0.2) is 14.5 Å². The zero-order valence-corrected chi connectivity index (χ0v) is 17.9. The van der Waals surface area contributed by atoms with Gasteiger partial charge in [-0.1, -0.05) is 12.1 Å². The second kappa shape index (κ2) is 7.50. The fraction of sp³-hybridized carbons (Fsp3) is 0.524. The number of rotatable bonds is 1. The smallest absolute Gasteiger partial charge is 0.421 e. The van der Waals surface area contributed by atoms with Crippen molar-refractivity contribution in [3.63, 3.8) is 0 Å². The Labute approximate surface area is 170 Å². The van der Waals surface area contributed by atoms with Crippen molar-refractivity contribution in [3.8, 4) is 0 Å². The van der Waals surface area contributed by atoms with Crippen LogP contribution in [0, 0.1) is 0 Å². The van der Waals surface area contributed by atoms with E-state index in [4.69, 9.17) is 9.47 Å². The van der Waals surface area contributed by atoms with Crippen molar-refractivity contribution in [2.45, 2.75) is 71.6 Å². The number of ether oxygens (including phenoxy) is 2. The number of carbonyl (C=O) groups is 4. The zero-order valence-electron chi connectivity index (χ0n) is 17.9. The van der Waals surface area contributed by atoms with E-state index in [0.29, 0.717) is 0 Å². The Morgan fingerprint density at radius 1 is 1.00 bits per heavy atom. The third-order valence-corrected chi connectivity index (χ3v) is 3.99. The number of amides is 3. The summed E-state index contributed by atoms with van der Waals surface area (Å²) in [5.74, 6) is -1.17. The lowest BCUT2D eigenvalue weighted by Crippen LogP contribution is -2.60. The summed E-state index contributed by atoms with van der Waals surface area (Å²) < 4.78 is 10.6. The molecule has 158 valence electrons. The highest BCUT2D eigenvalue weighted by atomic mass is 16.6. The fourth-order valence-electron chi connectivity index (χ4n) is 2.87. The van der Waals surface area contributed by atoms with Crippen molar-refractivity contribution in [2.24, 2.45) is 0 Å². The molecule has 0 saturated carbocycles. The lowest BCUT2D eigenvalue weighted by Gasteiger charge is -2.33. The predicted molar refractivity (Wildman–Crippen MR) is 107 cm³/mol. The van der Waals surface area contributed by atoms with Gasteiger partial charge < -0.3 is 14.8 Å². The second-order valence-electron chi connectivity index (χ2n) is 9.20. The molecular formula is C21H28N2O6. The molecule has 1 aromatic carbocycles. The van der Waals surface area contributed by atoms with Gasteiger partial charge in [-0.15, -0.1) is 0 Å². The van der Waals surface area contributed by atoms with Crippen molar-refractivity contribution in [1.29, 1.82) is 0 Å². The molecule has 8 heteroatoms. The minimum atomic E-state index is -1.70. The number of hydrogen-bond acceptors (Lipinski definition) is 6. The Bertz CT molecular complexity index is 849. The number of fused-ring (bicyclic) bond motifs is 1. The van der Waals surface area contributed by atoms with Gasteiger partial charge in [0.25, 0.3) is 5.91 Å². The summed E-state index contributed by atoms with van der Waals surface area (Å²) >= 11 is 0. The number of anilines is 1. The number of carbonyl (C=O) groups excluding carboxylic acids is 4. The summed E-state index contributed by atoms with van der Waals surface area (Å²) in [5, 5.41) is 2.47. The van der Waals surface area contributed by atoms with Crippen molar-refractivity contribution >= 4 is 29.6 Å². The molecule has 0 fully saturated rings. The summed E-state index contributed by atoms with van der Waals surface area (Å²) in [6, 6.07) is 6.27. The van der Waals surface area contributed by atoms with E-state index in [9.17, 15) is 19.2 Å². The second-order valence-corrected chi connectivity index (χ2v) is 9.20. The van der Waals surface area contributed by atoms with Crippen LogP contribution in [0.25, 0.3) is 0 Å². The topological polar surface area (TPSA) is 102 Å². The zero-order chi connectivity index (χ0) is 22.2. The molecule has 0 aromatic heterocycles. The molecule has 1 aliphatic heterocycles. The number of benzene rings is 1. The van der Waals surface area contributed by atoms with Crippen LogP contribution in [0.2, 0.25) is 0 Å². The molecule has 1 aromatic rings. The summed E-state index contributed by atoms with van der Waals surface area (Å²) in [6.45, 7) is 11.4. The highest BCUT2D eigenvalue weighted by molar-refractivity contribution is 6.23. The van der Waals surface area contributed by atoms with E-state index in [-0.39, 0.29) is 17.7 Å². The first kappa shape index (κ1) is 22.4. The van der Waals surface area contributed by atoms with Gasteiger partial charge in [0.15, 0.2) is 5.78 Å². The molecule has 0 unspecified atom stereocenters. The van der Waals surface area contributed by atoms with Gasteiger partial charge in [0.05, 0.1) is 5.69 Å². The van der Waals surface area contributed by atoms with Gasteiger partial charge in [0.1, 0.15) is 16.7 Å². The Hall–Kier alpha value is -2.90. The van der Waals surface area contributed by atoms with Crippen LogP contribution in [0.1, 0.15) is 65.2 Å². The van der Waals surface area contributed by atoms with Crippen LogP contribution in [0.4, 0.5) is 15.3 Å². The highest BCUT2D eigenvalue weighted by Crippen LogP contribution is 2.32. The molecule has 1 heterocycles. The Morgan fingerprint density at radius 2 is 1.55 bits per heavy atom. The lowest BCUT2D eigenvalue weighted by atomic mass is 9.93. The molecule has 0 aliphatic carbocycles. The van der Waals surface area contributed by atoms with E-state index in [1.165, 1.54) is 19.1 Å². The average Bonchev–Trinajstić information content (AvgIpc) is 2.58. The van der Waals surface area contributed by atoms with Gasteiger partial charge >= 0.3 is 12.2 Å². The van der Waals surface area contributed by atoms with Gasteiger partial charge in [0, 0.05) is 12.0 Å². The van der Waals surface area contributed by atoms with Crippen LogP contribution in [-0.2, 0) is 14.3 Å². The molecule has 0 spiro atoms. The van der Waals surface area contributed by atoms with Crippen LogP contribution >= 0.6 is 0 Å². The molecular weight excluding hydrogens is 376 g/mol. The molecule has 2 rings (SSSR count). The SMILES string of the molecule is CC(C)(C)OC(=O)N[C@@]1(C)CC(=O)c2ccccc2N(C(=O)OC(C)(C)C)C1=O. The van der Waals surface area contributed by atoms with Crippen LogP contribution in [0.5, 0.6) is 0 Å². The molecule has 0 radical (unpaired) electrons. The lowest BCUT2D eigenvalue weighted by molar-refractivity contribution is -0.124.